The third kappa shape index (κ3) is 5.43. The van der Waals surface area contributed by atoms with E-state index in [1.54, 1.807) is 35.9 Å². The van der Waals surface area contributed by atoms with Gasteiger partial charge in [0.2, 0.25) is 5.88 Å². The molecule has 8 heteroatoms. The SMILES string of the molecule is Cc1ncsc1CCNC(=O)c1cccnc1Oc1ccc(Nc2ccccn2)cc1. The van der Waals surface area contributed by atoms with E-state index in [9.17, 15) is 4.79 Å². The molecule has 0 saturated heterocycles. The molecule has 1 aromatic carbocycles. The maximum Gasteiger partial charge on any atom is 0.256 e. The highest BCUT2D eigenvalue weighted by molar-refractivity contribution is 7.09. The van der Waals surface area contributed by atoms with E-state index in [0.29, 0.717) is 17.9 Å². The van der Waals surface area contributed by atoms with Crippen molar-refractivity contribution in [2.75, 3.05) is 11.9 Å². The van der Waals surface area contributed by atoms with Crippen molar-refractivity contribution in [3.63, 3.8) is 0 Å². The number of rotatable bonds is 8. The van der Waals surface area contributed by atoms with Crippen molar-refractivity contribution in [2.24, 2.45) is 0 Å². The summed E-state index contributed by atoms with van der Waals surface area (Å²) in [5, 5.41) is 6.14. The smallest absolute Gasteiger partial charge is 0.256 e. The van der Waals surface area contributed by atoms with Gasteiger partial charge in [-0.05, 0) is 55.5 Å². The molecule has 1 amide bonds. The molecule has 0 radical (unpaired) electrons. The second-order valence-corrected chi connectivity index (χ2v) is 7.63. The van der Waals surface area contributed by atoms with Crippen molar-refractivity contribution >= 4 is 28.7 Å². The second-order valence-electron chi connectivity index (χ2n) is 6.69. The molecular formula is C23H21N5O2S. The normalized spacial score (nSPS) is 10.5. The average molecular weight is 432 g/mol. The number of thiazole rings is 1. The topological polar surface area (TPSA) is 89.0 Å². The minimum Gasteiger partial charge on any atom is -0.438 e. The van der Waals surface area contributed by atoms with Crippen LogP contribution in [0.15, 0.2) is 72.5 Å². The van der Waals surface area contributed by atoms with Gasteiger partial charge in [0.05, 0.1) is 11.2 Å². The predicted molar refractivity (Wildman–Crippen MR) is 121 cm³/mol. The van der Waals surface area contributed by atoms with Crippen LogP contribution >= 0.6 is 11.3 Å². The van der Waals surface area contributed by atoms with Crippen LogP contribution < -0.4 is 15.4 Å². The molecule has 0 atom stereocenters. The van der Waals surface area contributed by atoms with Crippen molar-refractivity contribution in [2.45, 2.75) is 13.3 Å². The minimum absolute atomic E-state index is 0.223. The Labute approximate surface area is 184 Å². The van der Waals surface area contributed by atoms with Gasteiger partial charge in [-0.1, -0.05) is 6.07 Å². The summed E-state index contributed by atoms with van der Waals surface area (Å²) in [5.74, 6) is 1.38. The average Bonchev–Trinajstić information content (AvgIpc) is 3.21. The quantitative estimate of drug-likeness (QED) is 0.419. The number of ether oxygens (including phenoxy) is 1. The molecule has 0 aliphatic rings. The number of carbonyl (C=O) groups excluding carboxylic acids is 1. The van der Waals surface area contributed by atoms with Crippen LogP contribution in [0, 0.1) is 6.92 Å². The number of benzene rings is 1. The Balaban J connectivity index is 1.38. The van der Waals surface area contributed by atoms with Crippen molar-refractivity contribution in [1.29, 1.82) is 0 Å². The number of aryl methyl sites for hydroxylation is 1. The monoisotopic (exact) mass is 431 g/mol. The molecule has 0 saturated carbocycles. The minimum atomic E-state index is -0.223. The number of hydrogen-bond donors (Lipinski definition) is 2. The van der Waals surface area contributed by atoms with E-state index in [1.807, 2.05) is 54.9 Å². The van der Waals surface area contributed by atoms with Crippen molar-refractivity contribution in [1.82, 2.24) is 20.3 Å². The third-order valence-corrected chi connectivity index (χ3v) is 5.50. The number of pyridine rings is 2. The molecule has 0 bridgehead atoms. The molecular weight excluding hydrogens is 410 g/mol. The maximum absolute atomic E-state index is 12.7. The van der Waals surface area contributed by atoms with Gasteiger partial charge in [-0.3, -0.25) is 4.79 Å². The first-order chi connectivity index (χ1) is 15.2. The largest absolute Gasteiger partial charge is 0.438 e. The zero-order valence-electron chi connectivity index (χ0n) is 16.9. The fraction of sp³-hybridized carbons (Fsp3) is 0.130. The van der Waals surface area contributed by atoms with Gasteiger partial charge in [0.15, 0.2) is 0 Å². The van der Waals surface area contributed by atoms with Gasteiger partial charge in [-0.15, -0.1) is 11.3 Å². The second kappa shape index (κ2) is 9.82. The fourth-order valence-corrected chi connectivity index (χ4v) is 3.68. The standard InChI is InChI=1S/C23H21N5O2S/c1-16-20(31-15-27-16)11-14-25-22(29)19-5-4-13-26-23(19)30-18-9-7-17(8-10-18)28-21-6-2-3-12-24-21/h2-10,12-13,15H,11,14H2,1H3,(H,24,28)(H,25,29). The zero-order valence-corrected chi connectivity index (χ0v) is 17.7. The highest BCUT2D eigenvalue weighted by atomic mass is 32.1. The Bertz CT molecular complexity index is 1150. The van der Waals surface area contributed by atoms with Gasteiger partial charge < -0.3 is 15.4 Å². The summed E-state index contributed by atoms with van der Waals surface area (Å²) < 4.78 is 5.88. The molecule has 0 aliphatic heterocycles. The Kier molecular flexibility index (Phi) is 6.49. The maximum atomic E-state index is 12.7. The van der Waals surface area contributed by atoms with E-state index in [2.05, 4.69) is 25.6 Å². The molecule has 4 aromatic rings. The van der Waals surface area contributed by atoms with E-state index < -0.39 is 0 Å². The Morgan fingerprint density at radius 3 is 2.58 bits per heavy atom. The molecule has 0 aliphatic carbocycles. The van der Waals surface area contributed by atoms with Gasteiger partial charge >= 0.3 is 0 Å². The van der Waals surface area contributed by atoms with E-state index in [4.69, 9.17) is 4.74 Å². The van der Waals surface area contributed by atoms with Crippen LogP contribution in [0.25, 0.3) is 0 Å². The summed E-state index contributed by atoms with van der Waals surface area (Å²) in [5.41, 5.74) is 4.09. The summed E-state index contributed by atoms with van der Waals surface area (Å²) in [4.78, 5) is 26.5. The number of hydrogen-bond acceptors (Lipinski definition) is 7. The van der Waals surface area contributed by atoms with Gasteiger partial charge in [0.1, 0.15) is 17.1 Å². The number of nitrogens with zero attached hydrogens (tertiary/aromatic N) is 3. The first-order valence-corrected chi connectivity index (χ1v) is 10.6. The molecule has 0 fully saturated rings. The third-order valence-electron chi connectivity index (χ3n) is 4.50. The van der Waals surface area contributed by atoms with Gasteiger partial charge in [-0.25, -0.2) is 15.0 Å². The molecule has 156 valence electrons. The molecule has 2 N–H and O–H groups in total. The van der Waals surface area contributed by atoms with Gasteiger partial charge in [0.25, 0.3) is 5.91 Å². The van der Waals surface area contributed by atoms with E-state index in [-0.39, 0.29) is 11.8 Å². The molecule has 0 spiro atoms. The number of nitrogens with one attached hydrogen (secondary N) is 2. The lowest BCUT2D eigenvalue weighted by Gasteiger charge is -2.11. The summed E-state index contributed by atoms with van der Waals surface area (Å²) in [6.45, 7) is 2.49. The molecule has 0 unspecified atom stereocenters. The predicted octanol–water partition coefficient (Wildman–Crippen LogP) is 4.75. The van der Waals surface area contributed by atoms with Crippen LogP contribution in [-0.4, -0.2) is 27.4 Å². The lowest BCUT2D eigenvalue weighted by molar-refractivity contribution is 0.0951. The van der Waals surface area contributed by atoms with Gasteiger partial charge in [0, 0.05) is 35.9 Å². The summed E-state index contributed by atoms with van der Waals surface area (Å²) in [6.07, 6.45) is 4.07. The first kappa shape index (κ1) is 20.5. The van der Waals surface area contributed by atoms with Crippen LogP contribution in [0.5, 0.6) is 11.6 Å². The lowest BCUT2D eigenvalue weighted by Crippen LogP contribution is -2.26. The van der Waals surface area contributed by atoms with Crippen molar-refractivity contribution in [3.8, 4) is 11.6 Å². The molecule has 31 heavy (non-hydrogen) atoms. The van der Waals surface area contributed by atoms with Crippen LogP contribution in [0.2, 0.25) is 0 Å². The zero-order chi connectivity index (χ0) is 21.5. The number of anilines is 2. The summed E-state index contributed by atoms with van der Waals surface area (Å²) >= 11 is 1.59. The summed E-state index contributed by atoms with van der Waals surface area (Å²) in [6, 6.07) is 16.5. The molecule has 7 nitrogen and oxygen atoms in total. The van der Waals surface area contributed by atoms with E-state index in [0.717, 1.165) is 23.6 Å². The van der Waals surface area contributed by atoms with Crippen LogP contribution in [0.3, 0.4) is 0 Å². The highest BCUT2D eigenvalue weighted by Crippen LogP contribution is 2.25. The highest BCUT2D eigenvalue weighted by Gasteiger charge is 2.14. The van der Waals surface area contributed by atoms with E-state index in [1.165, 1.54) is 4.88 Å². The molecule has 3 heterocycles. The fourth-order valence-electron chi connectivity index (χ4n) is 2.90. The Morgan fingerprint density at radius 1 is 1.00 bits per heavy atom. The van der Waals surface area contributed by atoms with Crippen LogP contribution in [0.1, 0.15) is 20.9 Å². The van der Waals surface area contributed by atoms with E-state index >= 15 is 0 Å². The summed E-state index contributed by atoms with van der Waals surface area (Å²) in [7, 11) is 0. The van der Waals surface area contributed by atoms with Crippen LogP contribution in [0.4, 0.5) is 11.5 Å². The Hall–Kier alpha value is -3.78. The van der Waals surface area contributed by atoms with Crippen molar-refractivity contribution in [3.05, 3.63) is 88.6 Å². The van der Waals surface area contributed by atoms with Gasteiger partial charge in [-0.2, -0.15) is 0 Å². The number of amides is 1. The number of aromatic nitrogens is 3. The van der Waals surface area contributed by atoms with Crippen LogP contribution in [-0.2, 0) is 6.42 Å². The molecule has 4 rings (SSSR count). The van der Waals surface area contributed by atoms with Crippen molar-refractivity contribution < 1.29 is 9.53 Å². The Morgan fingerprint density at radius 2 is 1.84 bits per heavy atom. The number of carbonyl (C=O) groups is 1. The molecule has 3 aromatic heterocycles. The first-order valence-electron chi connectivity index (χ1n) is 9.77. The lowest BCUT2D eigenvalue weighted by atomic mass is 10.2.